The molecule has 0 aromatic heterocycles. The van der Waals surface area contributed by atoms with Crippen LogP contribution in [0.2, 0.25) is 0 Å². The fourth-order valence-electron chi connectivity index (χ4n) is 1.37. The van der Waals surface area contributed by atoms with Gasteiger partial charge in [0.25, 0.3) is 5.69 Å². The Morgan fingerprint density at radius 3 is 2.84 bits per heavy atom. The summed E-state index contributed by atoms with van der Waals surface area (Å²) in [6, 6.07) is 5.95. The number of hydrogen-bond acceptors (Lipinski definition) is 5. The van der Waals surface area contributed by atoms with Crippen LogP contribution in [0.25, 0.3) is 0 Å². The first-order valence-corrected chi connectivity index (χ1v) is 5.72. The van der Waals surface area contributed by atoms with Gasteiger partial charge < -0.3 is 15.7 Å². The second-order valence-corrected chi connectivity index (χ2v) is 4.72. The average Bonchev–Trinajstić information content (AvgIpc) is 2.37. The maximum atomic E-state index is 10.6. The Labute approximate surface area is 110 Å². The molecule has 7 heteroatoms. The van der Waals surface area contributed by atoms with Gasteiger partial charge in [0.2, 0.25) is 0 Å². The van der Waals surface area contributed by atoms with Gasteiger partial charge >= 0.3 is 0 Å². The summed E-state index contributed by atoms with van der Waals surface area (Å²) in [6.45, 7) is 3.95. The summed E-state index contributed by atoms with van der Waals surface area (Å²) in [4.78, 5) is 10.1. The number of oxime groups is 1. The molecular weight excluding hydrogens is 250 g/mol. The van der Waals surface area contributed by atoms with Crippen LogP contribution in [-0.2, 0) is 0 Å². The number of nitrogens with two attached hydrogens (primary N) is 1. The molecule has 0 bridgehead atoms. The number of ether oxygens (including phenoxy) is 1. The van der Waals surface area contributed by atoms with Crippen LogP contribution >= 0.6 is 0 Å². The Morgan fingerprint density at radius 1 is 1.58 bits per heavy atom. The molecule has 0 saturated carbocycles. The van der Waals surface area contributed by atoms with Crippen molar-refractivity contribution in [3.8, 4) is 5.75 Å². The Morgan fingerprint density at radius 2 is 2.26 bits per heavy atom. The highest BCUT2D eigenvalue weighted by Crippen LogP contribution is 2.23. The lowest BCUT2D eigenvalue weighted by Gasteiger charge is -2.22. The minimum Gasteiger partial charge on any atom is -0.493 e. The molecule has 0 atom stereocenters. The SMILES string of the molecule is CC(C)(CCOc1cccc([N+](=O)[O-])c1)C(N)=NO. The molecule has 0 saturated heterocycles. The Bertz CT molecular complexity index is 486. The van der Waals surface area contributed by atoms with Gasteiger partial charge in [0.05, 0.1) is 17.6 Å². The molecule has 0 spiro atoms. The van der Waals surface area contributed by atoms with Crippen molar-refractivity contribution in [2.45, 2.75) is 20.3 Å². The third kappa shape index (κ3) is 4.13. The molecule has 104 valence electrons. The first-order chi connectivity index (χ1) is 8.86. The molecule has 19 heavy (non-hydrogen) atoms. The van der Waals surface area contributed by atoms with Crippen molar-refractivity contribution in [1.29, 1.82) is 0 Å². The minimum atomic E-state index is -0.505. The highest BCUT2D eigenvalue weighted by Gasteiger charge is 2.23. The first kappa shape index (κ1) is 14.7. The van der Waals surface area contributed by atoms with E-state index < -0.39 is 10.3 Å². The molecule has 1 aromatic rings. The van der Waals surface area contributed by atoms with Gasteiger partial charge in [-0.2, -0.15) is 0 Å². The lowest BCUT2D eigenvalue weighted by atomic mass is 9.88. The van der Waals surface area contributed by atoms with Crippen molar-refractivity contribution in [3.63, 3.8) is 0 Å². The number of hydrogen-bond donors (Lipinski definition) is 2. The summed E-state index contributed by atoms with van der Waals surface area (Å²) in [5.74, 6) is 0.541. The van der Waals surface area contributed by atoms with E-state index in [2.05, 4.69) is 5.16 Å². The molecule has 0 aliphatic carbocycles. The van der Waals surface area contributed by atoms with Gasteiger partial charge in [0, 0.05) is 11.5 Å². The van der Waals surface area contributed by atoms with Crippen LogP contribution in [-0.4, -0.2) is 22.6 Å². The number of amidine groups is 1. The number of benzene rings is 1. The van der Waals surface area contributed by atoms with Crippen LogP contribution in [0.4, 0.5) is 5.69 Å². The van der Waals surface area contributed by atoms with Gasteiger partial charge in [-0.15, -0.1) is 0 Å². The fraction of sp³-hybridized carbons (Fsp3) is 0.417. The van der Waals surface area contributed by atoms with Crippen molar-refractivity contribution in [2.75, 3.05) is 6.61 Å². The molecule has 0 aliphatic rings. The van der Waals surface area contributed by atoms with Crippen molar-refractivity contribution in [2.24, 2.45) is 16.3 Å². The zero-order chi connectivity index (χ0) is 14.5. The summed E-state index contributed by atoms with van der Waals surface area (Å²) in [6.07, 6.45) is 0.519. The van der Waals surface area contributed by atoms with Crippen molar-refractivity contribution >= 4 is 11.5 Å². The molecule has 1 rings (SSSR count). The predicted molar refractivity (Wildman–Crippen MR) is 70.4 cm³/mol. The van der Waals surface area contributed by atoms with E-state index in [-0.39, 0.29) is 11.5 Å². The standard InChI is InChI=1S/C12H17N3O4/c1-12(2,11(13)14-16)6-7-19-10-5-3-4-9(8-10)15(17)18/h3-5,8,16H,6-7H2,1-2H3,(H2,13,14). The summed E-state index contributed by atoms with van der Waals surface area (Å²) in [5, 5.41) is 22.2. The van der Waals surface area contributed by atoms with Crippen LogP contribution in [0.1, 0.15) is 20.3 Å². The third-order valence-corrected chi connectivity index (χ3v) is 2.83. The van der Waals surface area contributed by atoms with Crippen molar-refractivity contribution in [3.05, 3.63) is 34.4 Å². The molecule has 0 amide bonds. The van der Waals surface area contributed by atoms with E-state index in [0.29, 0.717) is 18.8 Å². The zero-order valence-corrected chi connectivity index (χ0v) is 10.9. The maximum absolute atomic E-state index is 10.6. The summed E-state index contributed by atoms with van der Waals surface area (Å²) >= 11 is 0. The molecule has 0 radical (unpaired) electrons. The second-order valence-electron chi connectivity index (χ2n) is 4.72. The quantitative estimate of drug-likeness (QED) is 0.269. The van der Waals surface area contributed by atoms with Crippen LogP contribution in [0, 0.1) is 15.5 Å². The van der Waals surface area contributed by atoms with E-state index >= 15 is 0 Å². The van der Waals surface area contributed by atoms with Gasteiger partial charge in [-0.3, -0.25) is 10.1 Å². The predicted octanol–water partition coefficient (Wildman–Crippen LogP) is 2.14. The maximum Gasteiger partial charge on any atom is 0.273 e. The van der Waals surface area contributed by atoms with Gasteiger partial charge in [0.15, 0.2) is 0 Å². The van der Waals surface area contributed by atoms with Crippen molar-refractivity contribution < 1.29 is 14.9 Å². The largest absolute Gasteiger partial charge is 0.493 e. The second kappa shape index (κ2) is 6.03. The molecule has 0 unspecified atom stereocenters. The zero-order valence-electron chi connectivity index (χ0n) is 10.9. The van der Waals surface area contributed by atoms with Crippen LogP contribution < -0.4 is 10.5 Å². The first-order valence-electron chi connectivity index (χ1n) is 5.72. The summed E-state index contributed by atoms with van der Waals surface area (Å²) < 4.78 is 5.43. The van der Waals surface area contributed by atoms with Crippen LogP contribution in [0.15, 0.2) is 29.4 Å². The van der Waals surface area contributed by atoms with E-state index in [0.717, 1.165) is 0 Å². The topological polar surface area (TPSA) is 111 Å². The Hall–Kier alpha value is -2.31. The molecular formula is C12H17N3O4. The number of rotatable bonds is 6. The molecule has 0 aliphatic heterocycles. The third-order valence-electron chi connectivity index (χ3n) is 2.83. The van der Waals surface area contributed by atoms with E-state index in [4.69, 9.17) is 15.7 Å². The number of nitrogens with zero attached hydrogens (tertiary/aromatic N) is 2. The van der Waals surface area contributed by atoms with E-state index in [1.54, 1.807) is 12.1 Å². The van der Waals surface area contributed by atoms with Gasteiger partial charge in [0.1, 0.15) is 11.6 Å². The number of nitro benzene ring substituents is 1. The average molecular weight is 267 g/mol. The number of nitro groups is 1. The molecule has 7 nitrogen and oxygen atoms in total. The van der Waals surface area contributed by atoms with Crippen LogP contribution in [0.3, 0.4) is 0 Å². The molecule has 1 aromatic carbocycles. The monoisotopic (exact) mass is 267 g/mol. The molecule has 0 fully saturated rings. The van der Waals surface area contributed by atoms with E-state index in [1.165, 1.54) is 12.1 Å². The normalized spacial score (nSPS) is 12.2. The van der Waals surface area contributed by atoms with Gasteiger partial charge in [-0.05, 0) is 12.5 Å². The fourth-order valence-corrected chi connectivity index (χ4v) is 1.37. The smallest absolute Gasteiger partial charge is 0.273 e. The van der Waals surface area contributed by atoms with E-state index in [9.17, 15) is 10.1 Å². The van der Waals surface area contributed by atoms with Gasteiger partial charge in [-0.1, -0.05) is 25.1 Å². The summed E-state index contributed by atoms with van der Waals surface area (Å²) in [7, 11) is 0. The van der Waals surface area contributed by atoms with Crippen molar-refractivity contribution in [1.82, 2.24) is 0 Å². The van der Waals surface area contributed by atoms with Crippen LogP contribution in [0.5, 0.6) is 5.75 Å². The highest BCUT2D eigenvalue weighted by atomic mass is 16.6. The lowest BCUT2D eigenvalue weighted by Crippen LogP contribution is -2.33. The Balaban J connectivity index is 2.59. The number of non-ortho nitro benzene ring substituents is 1. The Kier molecular flexibility index (Phi) is 4.68. The lowest BCUT2D eigenvalue weighted by molar-refractivity contribution is -0.384. The highest BCUT2D eigenvalue weighted by molar-refractivity contribution is 5.85. The molecule has 3 N–H and O–H groups in total. The minimum absolute atomic E-state index is 0.0202. The molecule has 0 heterocycles. The summed E-state index contributed by atoms with van der Waals surface area (Å²) in [5.41, 5.74) is 5.02. The van der Waals surface area contributed by atoms with E-state index in [1.807, 2.05) is 13.8 Å². The van der Waals surface area contributed by atoms with Gasteiger partial charge in [-0.25, -0.2) is 0 Å².